The van der Waals surface area contributed by atoms with E-state index in [1.54, 1.807) is 0 Å². The summed E-state index contributed by atoms with van der Waals surface area (Å²) in [6.07, 6.45) is 6.11. The average molecular weight is 454 g/mol. The Labute approximate surface area is 166 Å². The lowest BCUT2D eigenvalue weighted by molar-refractivity contribution is 0.123. The van der Waals surface area contributed by atoms with Gasteiger partial charge in [-0.15, -0.1) is 24.0 Å². The first kappa shape index (κ1) is 23.9. The van der Waals surface area contributed by atoms with Gasteiger partial charge in [0.05, 0.1) is 0 Å². The highest BCUT2D eigenvalue weighted by Crippen LogP contribution is 2.28. The lowest BCUT2D eigenvalue weighted by Gasteiger charge is -2.20. The van der Waals surface area contributed by atoms with Gasteiger partial charge >= 0.3 is 0 Å². The molecule has 1 saturated carbocycles. The van der Waals surface area contributed by atoms with E-state index >= 15 is 0 Å². The van der Waals surface area contributed by atoms with Gasteiger partial charge in [0.25, 0.3) is 0 Å². The van der Waals surface area contributed by atoms with E-state index in [2.05, 4.69) is 48.3 Å². The number of guanidine groups is 1. The van der Waals surface area contributed by atoms with Crippen LogP contribution in [0.5, 0.6) is 0 Å². The summed E-state index contributed by atoms with van der Waals surface area (Å²) in [5, 5.41) is 6.73. The van der Waals surface area contributed by atoms with E-state index in [-0.39, 0.29) is 24.0 Å². The Morgan fingerprint density at radius 1 is 1.21 bits per heavy atom. The molecule has 6 heteroatoms. The average Bonchev–Trinajstić information content (AvgIpc) is 3.34. The van der Waals surface area contributed by atoms with Crippen LogP contribution in [0.4, 0.5) is 0 Å². The number of hydrogen-bond acceptors (Lipinski definition) is 3. The smallest absolute Gasteiger partial charge is 0.191 e. The van der Waals surface area contributed by atoms with Gasteiger partial charge in [-0.05, 0) is 72.4 Å². The number of rotatable bonds is 13. The first-order chi connectivity index (χ1) is 11.1. The summed E-state index contributed by atoms with van der Waals surface area (Å²) in [7, 11) is 2.19. The lowest BCUT2D eigenvalue weighted by atomic mass is 10.2. The van der Waals surface area contributed by atoms with Crippen LogP contribution in [0.1, 0.15) is 52.9 Å². The summed E-state index contributed by atoms with van der Waals surface area (Å²) < 4.78 is 5.64. The van der Waals surface area contributed by atoms with Crippen LogP contribution < -0.4 is 10.6 Å². The Morgan fingerprint density at radius 3 is 2.58 bits per heavy atom. The summed E-state index contributed by atoms with van der Waals surface area (Å²) in [4.78, 5) is 7.00. The third-order valence-corrected chi connectivity index (χ3v) is 4.22. The van der Waals surface area contributed by atoms with Crippen LogP contribution in [0, 0.1) is 5.92 Å². The number of halogens is 1. The van der Waals surface area contributed by atoms with Gasteiger partial charge in [0.15, 0.2) is 5.96 Å². The van der Waals surface area contributed by atoms with E-state index in [1.165, 1.54) is 25.7 Å². The van der Waals surface area contributed by atoms with Crippen LogP contribution >= 0.6 is 24.0 Å². The van der Waals surface area contributed by atoms with Crippen molar-refractivity contribution >= 4 is 29.9 Å². The van der Waals surface area contributed by atoms with Crippen LogP contribution in [-0.4, -0.2) is 63.3 Å². The molecule has 0 heterocycles. The molecule has 0 spiro atoms. The van der Waals surface area contributed by atoms with Crippen LogP contribution in [0.25, 0.3) is 0 Å². The molecular weight excluding hydrogens is 415 g/mol. The fourth-order valence-electron chi connectivity index (χ4n) is 2.18. The summed E-state index contributed by atoms with van der Waals surface area (Å²) in [5.74, 6) is 1.79. The number of hydrogen-bond donors (Lipinski definition) is 2. The van der Waals surface area contributed by atoms with Gasteiger partial charge < -0.3 is 20.3 Å². The van der Waals surface area contributed by atoms with Crippen molar-refractivity contribution < 1.29 is 4.74 Å². The summed E-state index contributed by atoms with van der Waals surface area (Å²) >= 11 is 0. The Balaban J connectivity index is 0.00000529. The quantitative estimate of drug-likeness (QED) is 0.194. The number of nitrogens with zero attached hydrogens (tertiary/aromatic N) is 2. The van der Waals surface area contributed by atoms with Crippen LogP contribution in [0.3, 0.4) is 0 Å². The molecule has 1 fully saturated rings. The zero-order valence-electron chi connectivity index (χ0n) is 16.1. The van der Waals surface area contributed by atoms with Crippen molar-refractivity contribution in [3.05, 3.63) is 0 Å². The van der Waals surface area contributed by atoms with Crippen molar-refractivity contribution in [3.63, 3.8) is 0 Å². The fourth-order valence-corrected chi connectivity index (χ4v) is 2.18. The fraction of sp³-hybridized carbons (Fsp3) is 0.944. The highest BCUT2D eigenvalue weighted by atomic mass is 127. The van der Waals surface area contributed by atoms with E-state index in [9.17, 15) is 0 Å². The molecule has 0 saturated heterocycles. The van der Waals surface area contributed by atoms with Gasteiger partial charge in [-0.25, -0.2) is 0 Å². The van der Waals surface area contributed by atoms with Gasteiger partial charge in [-0.1, -0.05) is 0 Å². The van der Waals surface area contributed by atoms with Gasteiger partial charge in [0.1, 0.15) is 0 Å². The minimum Gasteiger partial charge on any atom is -0.381 e. The van der Waals surface area contributed by atoms with Crippen molar-refractivity contribution in [2.45, 2.75) is 58.9 Å². The van der Waals surface area contributed by atoms with E-state index in [0.717, 1.165) is 57.7 Å². The molecule has 0 amide bonds. The van der Waals surface area contributed by atoms with Crippen LogP contribution in [-0.2, 0) is 4.74 Å². The highest BCUT2D eigenvalue weighted by molar-refractivity contribution is 14.0. The van der Waals surface area contributed by atoms with Gasteiger partial charge in [0.2, 0.25) is 0 Å². The molecular formula is C18H39IN4O. The summed E-state index contributed by atoms with van der Waals surface area (Å²) in [5.41, 5.74) is 0. The standard InChI is InChI=1S/C18H38N4O.HI/c1-5-19-18(20-11-6-7-13-22(4)16(2)3)21-12-8-14-23-15-17-9-10-17;/h16-17H,5-15H2,1-4H3,(H2,19,20,21);1H. The Hall–Kier alpha value is -0.0800. The predicted octanol–water partition coefficient (Wildman–Crippen LogP) is 3.10. The second kappa shape index (κ2) is 15.2. The van der Waals surface area contributed by atoms with Gasteiger partial charge in [-0.2, -0.15) is 0 Å². The molecule has 0 aliphatic heterocycles. The van der Waals surface area contributed by atoms with E-state index in [1.807, 2.05) is 0 Å². The maximum absolute atomic E-state index is 5.64. The minimum absolute atomic E-state index is 0. The van der Waals surface area contributed by atoms with Gasteiger partial charge in [-0.3, -0.25) is 4.99 Å². The maximum Gasteiger partial charge on any atom is 0.191 e. The molecule has 144 valence electrons. The maximum atomic E-state index is 5.64. The molecule has 2 N–H and O–H groups in total. The van der Waals surface area contributed by atoms with Crippen LogP contribution in [0.2, 0.25) is 0 Å². The molecule has 0 unspecified atom stereocenters. The van der Waals surface area contributed by atoms with Crippen molar-refractivity contribution in [3.8, 4) is 0 Å². The summed E-state index contributed by atoms with van der Waals surface area (Å²) in [6.45, 7) is 12.2. The molecule has 0 bridgehead atoms. The van der Waals surface area contributed by atoms with Gasteiger partial charge in [0, 0.05) is 38.9 Å². The van der Waals surface area contributed by atoms with E-state index < -0.39 is 0 Å². The minimum atomic E-state index is 0. The number of ether oxygens (including phenoxy) is 1. The van der Waals surface area contributed by atoms with Crippen molar-refractivity contribution in [1.29, 1.82) is 0 Å². The SMILES string of the molecule is CCNC(=NCCCOCC1CC1)NCCCCN(C)C(C)C.I. The molecule has 0 aromatic carbocycles. The third-order valence-electron chi connectivity index (χ3n) is 4.22. The normalized spacial score (nSPS) is 14.8. The third kappa shape index (κ3) is 13.2. The second-order valence-electron chi connectivity index (χ2n) is 6.84. The zero-order chi connectivity index (χ0) is 16.9. The number of nitrogens with one attached hydrogen (secondary N) is 2. The molecule has 0 aromatic heterocycles. The van der Waals surface area contributed by atoms with E-state index in [0.29, 0.717) is 6.04 Å². The number of aliphatic imine (C=N–C) groups is 1. The largest absolute Gasteiger partial charge is 0.381 e. The Bertz CT molecular complexity index is 322. The number of unbranched alkanes of at least 4 members (excludes halogenated alkanes) is 1. The van der Waals surface area contributed by atoms with Crippen molar-refractivity contribution in [1.82, 2.24) is 15.5 Å². The van der Waals surface area contributed by atoms with Crippen LogP contribution in [0.15, 0.2) is 4.99 Å². The highest BCUT2D eigenvalue weighted by Gasteiger charge is 2.20. The second-order valence-corrected chi connectivity index (χ2v) is 6.84. The molecule has 5 nitrogen and oxygen atoms in total. The predicted molar refractivity (Wildman–Crippen MR) is 115 cm³/mol. The first-order valence-electron chi connectivity index (χ1n) is 9.43. The monoisotopic (exact) mass is 454 g/mol. The molecule has 1 aliphatic rings. The molecule has 24 heavy (non-hydrogen) atoms. The first-order valence-corrected chi connectivity index (χ1v) is 9.43. The van der Waals surface area contributed by atoms with Crippen molar-refractivity contribution in [2.75, 3.05) is 46.4 Å². The Morgan fingerprint density at radius 2 is 1.96 bits per heavy atom. The topological polar surface area (TPSA) is 48.9 Å². The zero-order valence-corrected chi connectivity index (χ0v) is 18.5. The molecule has 0 atom stereocenters. The molecule has 0 aromatic rings. The Kier molecular flexibility index (Phi) is 15.1. The lowest BCUT2D eigenvalue weighted by Crippen LogP contribution is -2.38. The van der Waals surface area contributed by atoms with Crippen molar-refractivity contribution in [2.24, 2.45) is 10.9 Å². The van der Waals surface area contributed by atoms with E-state index in [4.69, 9.17) is 4.74 Å². The molecule has 1 aliphatic carbocycles. The molecule has 1 rings (SSSR count). The summed E-state index contributed by atoms with van der Waals surface area (Å²) in [6, 6.07) is 0.629. The molecule has 0 radical (unpaired) electrons.